The van der Waals surface area contributed by atoms with Crippen molar-refractivity contribution in [1.82, 2.24) is 9.47 Å². The Morgan fingerprint density at radius 1 is 1.20 bits per heavy atom. The molecule has 25 heavy (non-hydrogen) atoms. The van der Waals surface area contributed by atoms with Gasteiger partial charge in [0.2, 0.25) is 0 Å². The lowest BCUT2D eigenvalue weighted by Crippen LogP contribution is -2.35. The summed E-state index contributed by atoms with van der Waals surface area (Å²) in [6.07, 6.45) is 5.20. The third kappa shape index (κ3) is 6.09. The van der Waals surface area contributed by atoms with Crippen molar-refractivity contribution in [2.45, 2.75) is 51.0 Å². The number of benzene rings is 1. The average Bonchev–Trinajstić information content (AvgIpc) is 3.00. The Bertz CT molecular complexity index is 682. The summed E-state index contributed by atoms with van der Waals surface area (Å²) in [5, 5.41) is 0. The molecule has 3 nitrogen and oxygen atoms in total. The second kappa shape index (κ2) is 9.88. The number of aryl methyl sites for hydroxylation is 1. The van der Waals surface area contributed by atoms with Crippen LogP contribution in [0.1, 0.15) is 43.0 Å². The fourth-order valence-corrected chi connectivity index (χ4v) is 3.18. The summed E-state index contributed by atoms with van der Waals surface area (Å²) < 4.78 is 2.17. The van der Waals surface area contributed by atoms with Gasteiger partial charge in [0.25, 0.3) is 5.91 Å². The summed E-state index contributed by atoms with van der Waals surface area (Å²) in [5.74, 6) is -0.220. The summed E-state index contributed by atoms with van der Waals surface area (Å²) in [6, 6.07) is 12.5. The Morgan fingerprint density at radius 3 is 2.68 bits per heavy atom. The van der Waals surface area contributed by atoms with E-state index < -0.39 is 4.84 Å². The molecule has 0 aliphatic heterocycles. The minimum Gasteiger partial charge on any atom is -0.345 e. The highest BCUT2D eigenvalue weighted by molar-refractivity contribution is 6.53. The summed E-state index contributed by atoms with van der Waals surface area (Å²) >= 11 is 11.7. The highest BCUT2D eigenvalue weighted by Gasteiger charge is 2.21. The molecule has 0 saturated heterocycles. The molecule has 0 spiro atoms. The molecule has 0 aliphatic rings. The molecule has 0 fully saturated rings. The van der Waals surface area contributed by atoms with Gasteiger partial charge in [-0.15, -0.1) is 0 Å². The smallest absolute Gasteiger partial charge is 0.256 e. The van der Waals surface area contributed by atoms with Crippen LogP contribution in [0.3, 0.4) is 0 Å². The number of hydrogen-bond acceptors (Lipinski definition) is 1. The first-order valence-corrected chi connectivity index (χ1v) is 9.65. The molecule has 5 heteroatoms. The van der Waals surface area contributed by atoms with Crippen LogP contribution in [0.25, 0.3) is 0 Å². The van der Waals surface area contributed by atoms with Gasteiger partial charge in [-0.05, 0) is 31.0 Å². The van der Waals surface area contributed by atoms with E-state index in [4.69, 9.17) is 23.2 Å². The van der Waals surface area contributed by atoms with Crippen LogP contribution < -0.4 is 0 Å². The molecule has 0 aliphatic carbocycles. The van der Waals surface area contributed by atoms with Crippen molar-refractivity contribution in [2.24, 2.45) is 0 Å². The molecule has 1 amide bonds. The third-order valence-corrected chi connectivity index (χ3v) is 4.62. The van der Waals surface area contributed by atoms with Crippen molar-refractivity contribution in [3.05, 3.63) is 59.4 Å². The number of nitrogens with zero attached hydrogens (tertiary/aromatic N) is 2. The molecular formula is C20H26Cl2N2O. The van der Waals surface area contributed by atoms with Crippen LogP contribution in [0.15, 0.2) is 42.6 Å². The largest absolute Gasteiger partial charge is 0.345 e. The Balaban J connectivity index is 2.11. The van der Waals surface area contributed by atoms with Crippen LogP contribution in [0.5, 0.6) is 0 Å². The van der Waals surface area contributed by atoms with Gasteiger partial charge in [-0.3, -0.25) is 4.79 Å². The average molecular weight is 381 g/mol. The minimum atomic E-state index is -1.01. The van der Waals surface area contributed by atoms with Gasteiger partial charge in [0.1, 0.15) is 0 Å². The van der Waals surface area contributed by atoms with E-state index in [9.17, 15) is 4.79 Å². The van der Waals surface area contributed by atoms with Crippen molar-refractivity contribution in [2.75, 3.05) is 6.54 Å². The summed E-state index contributed by atoms with van der Waals surface area (Å²) in [5.41, 5.74) is 3.57. The maximum absolute atomic E-state index is 12.3. The second-order valence-corrected chi connectivity index (χ2v) is 7.48. The zero-order chi connectivity index (χ0) is 18.2. The van der Waals surface area contributed by atoms with Gasteiger partial charge in [0.15, 0.2) is 4.84 Å². The molecular weight excluding hydrogens is 355 g/mol. The van der Waals surface area contributed by atoms with E-state index >= 15 is 0 Å². The van der Waals surface area contributed by atoms with Gasteiger partial charge in [-0.2, -0.15) is 0 Å². The number of carbonyl (C=O) groups is 1. The number of carbonyl (C=O) groups excluding carboxylic acids is 1. The fraction of sp³-hybridized carbons (Fsp3) is 0.450. The van der Waals surface area contributed by atoms with Gasteiger partial charge in [-0.1, -0.05) is 72.8 Å². The summed E-state index contributed by atoms with van der Waals surface area (Å²) in [7, 11) is 0. The maximum atomic E-state index is 12.3. The first kappa shape index (κ1) is 19.9. The predicted octanol–water partition coefficient (Wildman–Crippen LogP) is 5.17. The number of hydrogen-bond donors (Lipinski definition) is 0. The molecule has 1 heterocycles. The van der Waals surface area contributed by atoms with E-state index in [2.05, 4.69) is 42.7 Å². The van der Waals surface area contributed by atoms with E-state index in [0.29, 0.717) is 13.1 Å². The van der Waals surface area contributed by atoms with Gasteiger partial charge in [0.05, 0.1) is 6.54 Å². The first-order valence-electron chi connectivity index (χ1n) is 8.77. The Kier molecular flexibility index (Phi) is 7.86. The molecule has 1 aromatic heterocycles. The lowest BCUT2D eigenvalue weighted by molar-refractivity contribution is -0.130. The number of amides is 1. The number of rotatable bonds is 9. The molecule has 0 N–H and O–H groups in total. The summed E-state index contributed by atoms with van der Waals surface area (Å²) in [4.78, 5) is 13.1. The monoisotopic (exact) mass is 380 g/mol. The van der Waals surface area contributed by atoms with Crippen LogP contribution in [0, 0.1) is 6.92 Å². The number of unbranched alkanes of at least 4 members (excludes halogenated alkanes) is 2. The third-order valence-electron chi connectivity index (χ3n) is 4.24. The maximum Gasteiger partial charge on any atom is 0.256 e. The zero-order valence-corrected chi connectivity index (χ0v) is 16.4. The van der Waals surface area contributed by atoms with Crippen LogP contribution in [0.2, 0.25) is 0 Å². The molecule has 2 rings (SSSR count). The Hall–Kier alpha value is -1.45. The topological polar surface area (TPSA) is 25.2 Å². The van der Waals surface area contributed by atoms with E-state index in [1.54, 1.807) is 4.90 Å². The second-order valence-electron chi connectivity index (χ2n) is 6.38. The molecule has 0 bridgehead atoms. The Labute approximate surface area is 160 Å². The molecule has 0 saturated carbocycles. The van der Waals surface area contributed by atoms with Crippen molar-refractivity contribution >= 4 is 29.1 Å². The van der Waals surface area contributed by atoms with E-state index in [0.717, 1.165) is 31.5 Å². The normalized spacial score (nSPS) is 11.1. The van der Waals surface area contributed by atoms with Gasteiger partial charge < -0.3 is 9.47 Å². The van der Waals surface area contributed by atoms with Crippen molar-refractivity contribution < 1.29 is 4.79 Å². The highest BCUT2D eigenvalue weighted by Crippen LogP contribution is 2.15. The lowest BCUT2D eigenvalue weighted by atomic mass is 10.1. The van der Waals surface area contributed by atoms with E-state index in [1.807, 2.05) is 18.3 Å². The van der Waals surface area contributed by atoms with E-state index in [1.165, 1.54) is 11.1 Å². The fourth-order valence-electron chi connectivity index (χ4n) is 2.91. The highest BCUT2D eigenvalue weighted by atomic mass is 35.5. The van der Waals surface area contributed by atoms with Crippen LogP contribution in [0.4, 0.5) is 0 Å². The van der Waals surface area contributed by atoms with Gasteiger partial charge in [0, 0.05) is 25.0 Å². The molecule has 0 unspecified atom stereocenters. The van der Waals surface area contributed by atoms with Crippen LogP contribution in [-0.4, -0.2) is 26.8 Å². The van der Waals surface area contributed by atoms with Crippen LogP contribution >= 0.6 is 23.2 Å². The predicted molar refractivity (Wildman–Crippen MR) is 105 cm³/mol. The van der Waals surface area contributed by atoms with Gasteiger partial charge in [-0.25, -0.2) is 0 Å². The summed E-state index contributed by atoms with van der Waals surface area (Å²) in [6.45, 7) is 6.22. The lowest BCUT2D eigenvalue weighted by Gasteiger charge is -2.24. The van der Waals surface area contributed by atoms with Crippen molar-refractivity contribution in [3.63, 3.8) is 0 Å². The van der Waals surface area contributed by atoms with Crippen molar-refractivity contribution in [1.29, 1.82) is 0 Å². The molecule has 136 valence electrons. The molecule has 1 aromatic carbocycles. The molecule has 0 atom stereocenters. The quantitative estimate of drug-likeness (QED) is 0.435. The first-order chi connectivity index (χ1) is 12.0. The Morgan fingerprint density at radius 2 is 2.00 bits per heavy atom. The zero-order valence-electron chi connectivity index (χ0n) is 14.9. The molecule has 2 aromatic rings. The van der Waals surface area contributed by atoms with Crippen LogP contribution in [-0.2, 0) is 17.9 Å². The SMILES string of the molecule is CCCCCN(Cc1cccn1Cc1cccc(C)c1)C(=O)C(Cl)Cl. The number of halogens is 2. The number of alkyl halides is 2. The standard InChI is InChI=1S/C20H26Cl2N2O/c1-3-4-5-11-24(20(25)19(21)22)15-18-10-7-12-23(18)14-17-9-6-8-16(2)13-17/h6-10,12-13,19H,3-5,11,14-15H2,1-2H3. The van der Waals surface area contributed by atoms with Gasteiger partial charge >= 0.3 is 0 Å². The minimum absolute atomic E-state index is 0.220. The van der Waals surface area contributed by atoms with Crippen molar-refractivity contribution in [3.8, 4) is 0 Å². The van der Waals surface area contributed by atoms with E-state index in [-0.39, 0.29) is 5.91 Å². The molecule has 0 radical (unpaired) electrons. The number of aromatic nitrogens is 1.